The number of ether oxygens (including phenoxy) is 1. The van der Waals surface area contributed by atoms with E-state index >= 15 is 0 Å². The number of piperidine rings is 1. The zero-order valence-electron chi connectivity index (χ0n) is 16.5. The number of hydrogen-bond acceptors (Lipinski definition) is 4. The molecule has 1 heterocycles. The lowest BCUT2D eigenvalue weighted by Crippen LogP contribution is -2.37. The Hall–Kier alpha value is -2.09. The first kappa shape index (κ1) is 21.6. The Bertz CT molecular complexity index is 969. The Labute approximate surface area is 176 Å². The van der Waals surface area contributed by atoms with Crippen LogP contribution >= 0.6 is 11.6 Å². The van der Waals surface area contributed by atoms with Gasteiger partial charge in [0.15, 0.2) is 0 Å². The Morgan fingerprint density at radius 3 is 2.45 bits per heavy atom. The van der Waals surface area contributed by atoms with Crippen LogP contribution in [0.15, 0.2) is 47.4 Å². The minimum atomic E-state index is -3.64. The fraction of sp³-hybridized carbons (Fsp3) is 0.381. The van der Waals surface area contributed by atoms with Crippen LogP contribution in [0.1, 0.15) is 37.0 Å². The Morgan fingerprint density at radius 1 is 1.17 bits per heavy atom. The number of amides is 1. The van der Waals surface area contributed by atoms with E-state index in [0.717, 1.165) is 12.8 Å². The number of carbonyl (C=O) groups excluding carboxylic acids is 1. The molecule has 3 rings (SSSR count). The van der Waals surface area contributed by atoms with E-state index in [-0.39, 0.29) is 10.8 Å². The lowest BCUT2D eigenvalue weighted by Gasteiger charge is -2.29. The van der Waals surface area contributed by atoms with Gasteiger partial charge in [0.05, 0.1) is 17.2 Å². The number of nitrogens with zero attached hydrogens (tertiary/aromatic N) is 1. The van der Waals surface area contributed by atoms with Crippen molar-refractivity contribution in [3.8, 4) is 5.75 Å². The molecule has 1 aliphatic rings. The molecule has 0 aromatic heterocycles. The fourth-order valence-corrected chi connectivity index (χ4v) is 4.84. The molecule has 0 aliphatic carbocycles. The highest BCUT2D eigenvalue weighted by molar-refractivity contribution is 7.89. The molecule has 1 aliphatic heterocycles. The first-order valence-corrected chi connectivity index (χ1v) is 11.5. The molecule has 1 amide bonds. The molecule has 0 atom stereocenters. The molecular formula is C21H25ClN2O4S. The summed E-state index contributed by atoms with van der Waals surface area (Å²) in [5.41, 5.74) is 0.730. The third-order valence-electron chi connectivity index (χ3n) is 4.99. The average molecular weight is 437 g/mol. The van der Waals surface area contributed by atoms with Gasteiger partial charge in [0.2, 0.25) is 10.0 Å². The van der Waals surface area contributed by atoms with Crippen molar-refractivity contribution in [2.75, 3.05) is 25.0 Å². The lowest BCUT2D eigenvalue weighted by molar-refractivity contribution is 0.102. The molecular weight excluding hydrogens is 412 g/mol. The normalized spacial score (nSPS) is 15.8. The summed E-state index contributed by atoms with van der Waals surface area (Å²) in [6.45, 7) is 5.35. The molecule has 2 aromatic carbocycles. The molecule has 156 valence electrons. The van der Waals surface area contributed by atoms with Crippen LogP contribution in [0, 0.1) is 5.92 Å². The standard InChI is InChI=1S/C21H25ClN2O4S/c1-3-28-20-9-8-18(29(26,27)24-12-10-15(2)11-13-24)14-19(20)23-21(25)16-4-6-17(22)7-5-16/h4-9,14-15H,3,10-13H2,1-2H3,(H,23,25). The molecule has 0 saturated carbocycles. The average Bonchev–Trinajstić information content (AvgIpc) is 2.70. The summed E-state index contributed by atoms with van der Waals surface area (Å²) in [6.07, 6.45) is 1.69. The molecule has 1 saturated heterocycles. The predicted octanol–water partition coefficient (Wildman–Crippen LogP) is 4.41. The van der Waals surface area contributed by atoms with E-state index in [2.05, 4.69) is 12.2 Å². The third-order valence-corrected chi connectivity index (χ3v) is 7.13. The molecule has 29 heavy (non-hydrogen) atoms. The molecule has 0 spiro atoms. The zero-order valence-corrected chi connectivity index (χ0v) is 18.1. The smallest absolute Gasteiger partial charge is 0.255 e. The summed E-state index contributed by atoms with van der Waals surface area (Å²) in [5, 5.41) is 3.29. The number of rotatable bonds is 6. The van der Waals surface area contributed by atoms with Gasteiger partial charge in [0.25, 0.3) is 5.91 Å². The first-order valence-electron chi connectivity index (χ1n) is 9.65. The minimum Gasteiger partial charge on any atom is -0.492 e. The van der Waals surface area contributed by atoms with Gasteiger partial charge in [-0.15, -0.1) is 0 Å². The Balaban J connectivity index is 1.89. The first-order chi connectivity index (χ1) is 13.8. The fourth-order valence-electron chi connectivity index (χ4n) is 3.22. The van der Waals surface area contributed by atoms with E-state index in [9.17, 15) is 13.2 Å². The van der Waals surface area contributed by atoms with Crippen LogP contribution < -0.4 is 10.1 Å². The van der Waals surface area contributed by atoms with Gasteiger partial charge in [-0.2, -0.15) is 4.31 Å². The van der Waals surface area contributed by atoms with Crippen LogP contribution in [0.5, 0.6) is 5.75 Å². The van der Waals surface area contributed by atoms with Gasteiger partial charge < -0.3 is 10.1 Å². The second-order valence-corrected chi connectivity index (χ2v) is 9.51. The van der Waals surface area contributed by atoms with E-state index in [1.54, 1.807) is 30.3 Å². The van der Waals surface area contributed by atoms with Crippen LogP contribution in [0.4, 0.5) is 5.69 Å². The highest BCUT2D eigenvalue weighted by Gasteiger charge is 2.29. The maximum absolute atomic E-state index is 13.1. The summed E-state index contributed by atoms with van der Waals surface area (Å²) in [4.78, 5) is 12.8. The number of carbonyl (C=O) groups is 1. The van der Waals surface area contributed by atoms with Crippen molar-refractivity contribution < 1.29 is 17.9 Å². The van der Waals surface area contributed by atoms with Crippen LogP contribution in [0.25, 0.3) is 0 Å². The summed E-state index contributed by atoms with van der Waals surface area (Å²) in [6, 6.07) is 11.0. The molecule has 0 bridgehead atoms. The monoisotopic (exact) mass is 436 g/mol. The van der Waals surface area contributed by atoms with Gasteiger partial charge in [0.1, 0.15) is 5.75 Å². The molecule has 1 fully saturated rings. The van der Waals surface area contributed by atoms with Crippen molar-refractivity contribution in [1.29, 1.82) is 0 Å². The van der Waals surface area contributed by atoms with Gasteiger partial charge in [-0.25, -0.2) is 8.42 Å². The third kappa shape index (κ3) is 5.10. The zero-order chi connectivity index (χ0) is 21.0. The van der Waals surface area contributed by atoms with Gasteiger partial charge >= 0.3 is 0 Å². The number of nitrogens with one attached hydrogen (secondary N) is 1. The van der Waals surface area contributed by atoms with Crippen LogP contribution in [-0.4, -0.2) is 38.3 Å². The second-order valence-electron chi connectivity index (χ2n) is 7.14. The number of anilines is 1. The highest BCUT2D eigenvalue weighted by atomic mass is 35.5. The highest BCUT2D eigenvalue weighted by Crippen LogP contribution is 2.31. The Kier molecular flexibility index (Phi) is 6.82. The van der Waals surface area contributed by atoms with Crippen molar-refractivity contribution >= 4 is 33.2 Å². The maximum atomic E-state index is 13.1. The number of sulfonamides is 1. The maximum Gasteiger partial charge on any atom is 0.255 e. The van der Waals surface area contributed by atoms with Gasteiger partial charge in [-0.3, -0.25) is 4.79 Å². The molecule has 8 heteroatoms. The van der Waals surface area contributed by atoms with E-state index in [4.69, 9.17) is 16.3 Å². The van der Waals surface area contributed by atoms with Gasteiger partial charge in [-0.1, -0.05) is 18.5 Å². The van der Waals surface area contributed by atoms with Crippen molar-refractivity contribution in [1.82, 2.24) is 4.31 Å². The number of benzene rings is 2. The summed E-state index contributed by atoms with van der Waals surface area (Å²) >= 11 is 5.87. The van der Waals surface area contributed by atoms with Crippen molar-refractivity contribution in [3.63, 3.8) is 0 Å². The van der Waals surface area contributed by atoms with Gasteiger partial charge in [-0.05, 0) is 68.1 Å². The number of halogens is 1. The number of hydrogen-bond donors (Lipinski definition) is 1. The summed E-state index contributed by atoms with van der Waals surface area (Å²) < 4.78 is 33.2. The molecule has 2 aromatic rings. The van der Waals surface area contributed by atoms with E-state index in [1.165, 1.54) is 16.4 Å². The van der Waals surface area contributed by atoms with Crippen LogP contribution in [0.2, 0.25) is 5.02 Å². The summed E-state index contributed by atoms with van der Waals surface area (Å²) in [5.74, 6) is 0.570. The van der Waals surface area contributed by atoms with Gasteiger partial charge in [0, 0.05) is 23.7 Å². The molecule has 6 nitrogen and oxygen atoms in total. The van der Waals surface area contributed by atoms with E-state index in [0.29, 0.717) is 47.6 Å². The van der Waals surface area contributed by atoms with Crippen LogP contribution in [-0.2, 0) is 10.0 Å². The molecule has 1 N–H and O–H groups in total. The predicted molar refractivity (Wildman–Crippen MR) is 114 cm³/mol. The van der Waals surface area contributed by atoms with E-state index < -0.39 is 10.0 Å². The van der Waals surface area contributed by atoms with Crippen molar-refractivity contribution in [2.45, 2.75) is 31.6 Å². The molecule has 0 radical (unpaired) electrons. The quantitative estimate of drug-likeness (QED) is 0.727. The second kappa shape index (κ2) is 9.15. The van der Waals surface area contributed by atoms with Crippen molar-refractivity contribution in [2.24, 2.45) is 5.92 Å². The van der Waals surface area contributed by atoms with Crippen molar-refractivity contribution in [3.05, 3.63) is 53.1 Å². The minimum absolute atomic E-state index is 0.141. The molecule has 0 unspecified atom stereocenters. The Morgan fingerprint density at radius 2 is 1.83 bits per heavy atom. The van der Waals surface area contributed by atoms with E-state index in [1.807, 2.05) is 6.92 Å². The SMILES string of the molecule is CCOc1ccc(S(=O)(=O)N2CCC(C)CC2)cc1NC(=O)c1ccc(Cl)cc1. The lowest BCUT2D eigenvalue weighted by atomic mass is 10.0. The largest absolute Gasteiger partial charge is 0.492 e. The summed E-state index contributed by atoms with van der Waals surface area (Å²) in [7, 11) is -3.64. The van der Waals surface area contributed by atoms with Crippen LogP contribution in [0.3, 0.4) is 0 Å². The topological polar surface area (TPSA) is 75.7 Å².